The first-order chi connectivity index (χ1) is 7.53. The van der Waals surface area contributed by atoms with Crippen molar-refractivity contribution in [1.29, 1.82) is 0 Å². The average molecular weight is 246 g/mol. The van der Waals surface area contributed by atoms with Crippen molar-refractivity contribution in [3.63, 3.8) is 0 Å². The van der Waals surface area contributed by atoms with Crippen LogP contribution in [0.2, 0.25) is 0 Å². The summed E-state index contributed by atoms with van der Waals surface area (Å²) in [6.07, 6.45) is -1.22. The van der Waals surface area contributed by atoms with E-state index in [9.17, 15) is 9.18 Å². The van der Waals surface area contributed by atoms with Gasteiger partial charge in [0.2, 0.25) is 0 Å². The maximum Gasteiger partial charge on any atom is 0.410 e. The molecule has 1 aliphatic rings. The summed E-state index contributed by atoms with van der Waals surface area (Å²) < 4.78 is 18.9. The van der Waals surface area contributed by atoms with Crippen molar-refractivity contribution in [3.05, 3.63) is 0 Å². The van der Waals surface area contributed by atoms with Gasteiger partial charge in [0.1, 0.15) is 11.8 Å². The minimum absolute atomic E-state index is 0.00306. The minimum atomic E-state index is -1.18. The molecule has 1 heterocycles. The number of likely N-dealkylation sites (tertiary alicyclic amines) is 1. The quantitative estimate of drug-likeness (QED) is 0.712. The average Bonchev–Trinajstić information content (AvgIpc) is 2.07. The topological polar surface area (TPSA) is 55.6 Å². The lowest BCUT2D eigenvalue weighted by molar-refractivity contribution is -0.0247. The fourth-order valence-corrected chi connectivity index (χ4v) is 2.01. The maximum atomic E-state index is 13.6. The molecule has 0 unspecified atom stereocenters. The highest BCUT2D eigenvalue weighted by Gasteiger charge is 2.43. The van der Waals surface area contributed by atoms with Crippen molar-refractivity contribution in [3.8, 4) is 0 Å². The van der Waals surface area contributed by atoms with E-state index in [1.807, 2.05) is 13.8 Å². The Morgan fingerprint density at radius 1 is 1.47 bits per heavy atom. The first-order valence-electron chi connectivity index (χ1n) is 5.93. The van der Waals surface area contributed by atoms with Gasteiger partial charge in [-0.05, 0) is 41.0 Å². The Morgan fingerprint density at radius 3 is 2.47 bits per heavy atom. The molecule has 5 heteroatoms. The molecule has 0 radical (unpaired) electrons. The Hall–Kier alpha value is -0.840. The third-order valence-corrected chi connectivity index (χ3v) is 2.90. The summed E-state index contributed by atoms with van der Waals surface area (Å²) >= 11 is 0. The highest BCUT2D eigenvalue weighted by molar-refractivity contribution is 5.69. The van der Waals surface area contributed by atoms with Crippen LogP contribution < -0.4 is 5.73 Å². The van der Waals surface area contributed by atoms with Crippen LogP contribution in [0.1, 0.15) is 41.0 Å². The highest BCUT2D eigenvalue weighted by Crippen LogP contribution is 2.29. The smallest absolute Gasteiger partial charge is 0.410 e. The number of nitrogens with two attached hydrogens (primary N) is 1. The normalized spacial score (nSPS) is 29.0. The van der Waals surface area contributed by atoms with Gasteiger partial charge in [-0.25, -0.2) is 9.18 Å². The van der Waals surface area contributed by atoms with Crippen molar-refractivity contribution in [2.45, 2.75) is 64.4 Å². The summed E-state index contributed by atoms with van der Waals surface area (Å²) in [5, 5.41) is 0. The third-order valence-electron chi connectivity index (χ3n) is 2.90. The molecule has 1 saturated heterocycles. The summed E-state index contributed by atoms with van der Waals surface area (Å²) in [5.41, 5.74) is 4.65. The second kappa shape index (κ2) is 4.44. The number of hydrogen-bond donors (Lipinski definition) is 1. The molecule has 17 heavy (non-hydrogen) atoms. The number of rotatable bonds is 0. The van der Waals surface area contributed by atoms with Crippen LogP contribution in [-0.2, 0) is 4.74 Å². The van der Waals surface area contributed by atoms with Crippen LogP contribution in [0, 0.1) is 0 Å². The zero-order valence-corrected chi connectivity index (χ0v) is 11.3. The van der Waals surface area contributed by atoms with E-state index in [4.69, 9.17) is 10.5 Å². The van der Waals surface area contributed by atoms with Gasteiger partial charge in [-0.2, -0.15) is 0 Å². The van der Waals surface area contributed by atoms with E-state index < -0.39 is 29.4 Å². The zero-order chi connectivity index (χ0) is 13.4. The van der Waals surface area contributed by atoms with Crippen LogP contribution in [0.15, 0.2) is 0 Å². The lowest BCUT2D eigenvalue weighted by Crippen LogP contribution is -2.61. The van der Waals surface area contributed by atoms with E-state index in [2.05, 4.69) is 0 Å². The van der Waals surface area contributed by atoms with E-state index >= 15 is 0 Å². The van der Waals surface area contributed by atoms with Crippen LogP contribution in [0.5, 0.6) is 0 Å². The van der Waals surface area contributed by atoms with Crippen molar-refractivity contribution < 1.29 is 13.9 Å². The van der Waals surface area contributed by atoms with E-state index in [0.717, 1.165) is 0 Å². The van der Waals surface area contributed by atoms with Crippen LogP contribution in [0.25, 0.3) is 0 Å². The van der Waals surface area contributed by atoms with Gasteiger partial charge in [0.05, 0.1) is 6.54 Å². The second-order valence-electron chi connectivity index (χ2n) is 6.29. The van der Waals surface area contributed by atoms with Crippen LogP contribution in [0.4, 0.5) is 9.18 Å². The predicted octanol–water partition coefficient (Wildman–Crippen LogP) is 2.07. The van der Waals surface area contributed by atoms with Crippen molar-refractivity contribution in [2.24, 2.45) is 5.73 Å². The van der Waals surface area contributed by atoms with E-state index in [1.54, 1.807) is 20.8 Å². The third kappa shape index (κ3) is 3.56. The summed E-state index contributed by atoms with van der Waals surface area (Å²) in [6.45, 7) is 9.13. The van der Waals surface area contributed by atoms with Crippen molar-refractivity contribution in [2.75, 3.05) is 6.54 Å². The molecule has 1 fully saturated rings. The fourth-order valence-electron chi connectivity index (χ4n) is 2.01. The van der Waals surface area contributed by atoms with Gasteiger partial charge in [-0.15, -0.1) is 0 Å². The molecular formula is C12H23FN2O2. The van der Waals surface area contributed by atoms with Crippen molar-refractivity contribution >= 4 is 6.09 Å². The van der Waals surface area contributed by atoms with Gasteiger partial charge in [-0.3, -0.25) is 0 Å². The number of halogens is 1. The molecule has 0 aromatic heterocycles. The maximum absolute atomic E-state index is 13.6. The number of ether oxygens (including phenoxy) is 1. The summed E-state index contributed by atoms with van der Waals surface area (Å²) in [7, 11) is 0. The molecule has 1 rings (SSSR count). The number of alkyl halides is 1. The number of hydrogen-bond acceptors (Lipinski definition) is 3. The Balaban J connectivity index is 2.78. The Labute approximate surface area is 102 Å². The zero-order valence-electron chi connectivity index (χ0n) is 11.3. The standard InChI is InChI=1S/C12H23FN2O2/c1-11(2,3)17-10(16)15-7-8(13)9(14)6-12(15,4)5/h8-9H,6-7,14H2,1-5H3/t8-,9+/m0/s1. The lowest BCUT2D eigenvalue weighted by Gasteiger charge is -2.46. The van der Waals surface area contributed by atoms with E-state index in [-0.39, 0.29) is 6.54 Å². The monoisotopic (exact) mass is 246 g/mol. The van der Waals surface area contributed by atoms with Crippen molar-refractivity contribution in [1.82, 2.24) is 4.90 Å². The molecule has 1 amide bonds. The molecule has 2 N–H and O–H groups in total. The summed E-state index contributed by atoms with van der Waals surface area (Å²) in [6, 6.07) is -0.510. The van der Waals surface area contributed by atoms with E-state index in [0.29, 0.717) is 6.42 Å². The molecule has 0 aromatic rings. The second-order valence-corrected chi connectivity index (χ2v) is 6.29. The Bertz CT molecular complexity index is 299. The largest absolute Gasteiger partial charge is 0.444 e. The summed E-state index contributed by atoms with van der Waals surface area (Å²) in [4.78, 5) is 13.4. The lowest BCUT2D eigenvalue weighted by atomic mass is 9.87. The molecule has 0 saturated carbocycles. The van der Waals surface area contributed by atoms with Gasteiger partial charge in [-0.1, -0.05) is 0 Å². The number of nitrogens with zero attached hydrogens (tertiary/aromatic N) is 1. The molecule has 4 nitrogen and oxygen atoms in total. The molecular weight excluding hydrogens is 223 g/mol. The van der Waals surface area contributed by atoms with Crippen LogP contribution >= 0.6 is 0 Å². The molecule has 0 bridgehead atoms. The van der Waals surface area contributed by atoms with Gasteiger partial charge < -0.3 is 15.4 Å². The molecule has 0 aromatic carbocycles. The Morgan fingerprint density at radius 2 is 2.00 bits per heavy atom. The molecule has 100 valence electrons. The summed E-state index contributed by atoms with van der Waals surface area (Å²) in [5.74, 6) is 0. The van der Waals surface area contributed by atoms with E-state index in [1.165, 1.54) is 4.90 Å². The predicted molar refractivity (Wildman–Crippen MR) is 64.5 cm³/mol. The minimum Gasteiger partial charge on any atom is -0.444 e. The number of piperidine rings is 1. The van der Waals surface area contributed by atoms with Gasteiger partial charge in [0.25, 0.3) is 0 Å². The van der Waals surface area contributed by atoms with Crippen LogP contribution in [0.3, 0.4) is 0 Å². The highest BCUT2D eigenvalue weighted by atomic mass is 19.1. The fraction of sp³-hybridized carbons (Fsp3) is 0.917. The first-order valence-corrected chi connectivity index (χ1v) is 5.93. The molecule has 0 spiro atoms. The Kier molecular flexibility index (Phi) is 3.72. The van der Waals surface area contributed by atoms with Gasteiger partial charge >= 0.3 is 6.09 Å². The number of carbonyl (C=O) groups is 1. The number of carbonyl (C=O) groups excluding carboxylic acids is 1. The first kappa shape index (κ1) is 14.2. The molecule has 1 aliphatic heterocycles. The van der Waals surface area contributed by atoms with Crippen LogP contribution in [-0.4, -0.2) is 40.9 Å². The van der Waals surface area contributed by atoms with Gasteiger partial charge in [0, 0.05) is 11.6 Å². The number of amides is 1. The molecule has 2 atom stereocenters. The SMILES string of the molecule is CC(C)(C)OC(=O)N1C[C@H](F)[C@H](N)CC1(C)C. The van der Waals surface area contributed by atoms with Gasteiger partial charge in [0.15, 0.2) is 0 Å². The molecule has 0 aliphatic carbocycles.